The first-order valence-corrected chi connectivity index (χ1v) is 11.7. The van der Waals surface area contributed by atoms with Crippen LogP contribution in [0.5, 0.6) is 5.75 Å². The van der Waals surface area contributed by atoms with Gasteiger partial charge in [0.05, 0.1) is 23.6 Å². The molecule has 0 bridgehead atoms. The van der Waals surface area contributed by atoms with Crippen LogP contribution < -0.4 is 10.1 Å². The second-order valence-corrected chi connectivity index (χ2v) is 9.38. The number of aromatic nitrogens is 3. The Balaban J connectivity index is 1.67. The number of hydrogen-bond acceptors (Lipinski definition) is 6. The van der Waals surface area contributed by atoms with Gasteiger partial charge in [-0.1, -0.05) is 0 Å². The Morgan fingerprint density at radius 2 is 1.94 bits per heavy atom. The van der Waals surface area contributed by atoms with Crippen molar-refractivity contribution >= 4 is 27.3 Å². The van der Waals surface area contributed by atoms with Crippen LogP contribution in [0, 0.1) is 13.8 Å². The highest BCUT2D eigenvalue weighted by Gasteiger charge is 2.30. The number of amides is 1. The van der Waals surface area contributed by atoms with Gasteiger partial charge in [-0.15, -0.1) is 0 Å². The first kappa shape index (κ1) is 21.3. The largest absolute Gasteiger partial charge is 0.492 e. The van der Waals surface area contributed by atoms with Crippen molar-refractivity contribution in [3.63, 3.8) is 0 Å². The first-order chi connectivity index (χ1) is 14.8. The van der Waals surface area contributed by atoms with Crippen LogP contribution in [0.1, 0.15) is 41.5 Å². The lowest BCUT2D eigenvalue weighted by atomic mass is 10.2. The lowest BCUT2D eigenvalue weighted by Crippen LogP contribution is -2.28. The van der Waals surface area contributed by atoms with Gasteiger partial charge in [0.15, 0.2) is 5.65 Å². The molecule has 164 valence electrons. The van der Waals surface area contributed by atoms with Crippen molar-refractivity contribution in [1.82, 2.24) is 18.9 Å². The number of benzene rings is 1. The molecule has 1 N–H and O–H groups in total. The van der Waals surface area contributed by atoms with E-state index in [2.05, 4.69) is 15.4 Å². The van der Waals surface area contributed by atoms with E-state index in [9.17, 15) is 13.2 Å². The summed E-state index contributed by atoms with van der Waals surface area (Å²) >= 11 is 0. The van der Waals surface area contributed by atoms with Crippen LogP contribution in [0.2, 0.25) is 0 Å². The fraction of sp³-hybridized carbons (Fsp3) is 0.381. The van der Waals surface area contributed by atoms with E-state index in [0.29, 0.717) is 42.3 Å². The summed E-state index contributed by atoms with van der Waals surface area (Å²) in [5, 5.41) is 7.14. The van der Waals surface area contributed by atoms with Gasteiger partial charge in [-0.3, -0.25) is 4.79 Å². The van der Waals surface area contributed by atoms with Gasteiger partial charge in [0.2, 0.25) is 10.0 Å². The molecule has 0 radical (unpaired) electrons. The Labute approximate surface area is 181 Å². The second-order valence-electron chi connectivity index (χ2n) is 7.47. The van der Waals surface area contributed by atoms with Gasteiger partial charge in [-0.2, -0.15) is 9.40 Å². The van der Waals surface area contributed by atoms with Crippen LogP contribution in [-0.4, -0.2) is 52.9 Å². The Bertz CT molecular complexity index is 1250. The molecule has 3 heterocycles. The molecule has 31 heavy (non-hydrogen) atoms. The smallest absolute Gasteiger partial charge is 0.259 e. The number of anilines is 1. The summed E-state index contributed by atoms with van der Waals surface area (Å²) in [4.78, 5) is 17.3. The summed E-state index contributed by atoms with van der Waals surface area (Å²) in [5.74, 6) is -0.118. The predicted octanol–water partition coefficient (Wildman–Crippen LogP) is 2.78. The monoisotopic (exact) mass is 443 g/mol. The Kier molecular flexibility index (Phi) is 5.67. The Morgan fingerprint density at radius 3 is 2.65 bits per heavy atom. The molecular weight excluding hydrogens is 418 g/mol. The van der Waals surface area contributed by atoms with E-state index in [1.54, 1.807) is 30.5 Å². The molecule has 1 saturated heterocycles. The van der Waals surface area contributed by atoms with Gasteiger partial charge in [0.25, 0.3) is 5.91 Å². The summed E-state index contributed by atoms with van der Waals surface area (Å²) in [6, 6.07) is 6.49. The number of nitrogens with one attached hydrogen (secondary N) is 1. The van der Waals surface area contributed by atoms with Crippen molar-refractivity contribution in [3.05, 3.63) is 47.4 Å². The number of carbonyl (C=O) groups is 1. The molecular formula is C21H25N5O4S. The zero-order chi connectivity index (χ0) is 22.2. The third-order valence-electron chi connectivity index (χ3n) is 5.28. The van der Waals surface area contributed by atoms with Gasteiger partial charge in [-0.25, -0.2) is 17.9 Å². The number of carbonyl (C=O) groups excluding carboxylic acids is 1. The van der Waals surface area contributed by atoms with Crippen molar-refractivity contribution in [2.75, 3.05) is 25.0 Å². The van der Waals surface area contributed by atoms with Crippen molar-refractivity contribution in [1.29, 1.82) is 0 Å². The van der Waals surface area contributed by atoms with E-state index in [1.165, 1.54) is 16.6 Å². The zero-order valence-electron chi connectivity index (χ0n) is 17.8. The van der Waals surface area contributed by atoms with Crippen molar-refractivity contribution < 1.29 is 17.9 Å². The van der Waals surface area contributed by atoms with Crippen LogP contribution in [0.4, 0.5) is 5.69 Å². The fourth-order valence-corrected chi connectivity index (χ4v) is 5.39. The summed E-state index contributed by atoms with van der Waals surface area (Å²) in [6.45, 7) is 6.75. The average Bonchev–Trinajstić information content (AvgIpc) is 3.39. The lowest BCUT2D eigenvalue weighted by molar-refractivity contribution is 0.102. The van der Waals surface area contributed by atoms with E-state index < -0.39 is 15.9 Å². The Hall–Kier alpha value is -2.98. The normalized spacial score (nSPS) is 14.8. The van der Waals surface area contributed by atoms with Gasteiger partial charge in [0.1, 0.15) is 10.6 Å². The number of aryl methyl sites for hydroxylation is 2. The molecule has 0 aliphatic carbocycles. The van der Waals surface area contributed by atoms with E-state index in [-0.39, 0.29) is 10.6 Å². The van der Waals surface area contributed by atoms with Crippen molar-refractivity contribution in [2.24, 2.45) is 0 Å². The highest BCUT2D eigenvalue weighted by Crippen LogP contribution is 2.32. The molecule has 2 aromatic heterocycles. The number of ether oxygens (including phenoxy) is 1. The summed E-state index contributed by atoms with van der Waals surface area (Å²) in [5.41, 5.74) is 2.82. The lowest BCUT2D eigenvalue weighted by Gasteiger charge is -2.19. The number of fused-ring (bicyclic) bond motifs is 1. The maximum Gasteiger partial charge on any atom is 0.259 e. The molecule has 0 saturated carbocycles. The molecule has 1 aromatic carbocycles. The summed E-state index contributed by atoms with van der Waals surface area (Å²) < 4.78 is 34.9. The van der Waals surface area contributed by atoms with Crippen LogP contribution >= 0.6 is 0 Å². The minimum absolute atomic E-state index is 0.0575. The quantitative estimate of drug-likeness (QED) is 0.628. The van der Waals surface area contributed by atoms with E-state index in [1.807, 2.05) is 13.0 Å². The molecule has 0 spiro atoms. The van der Waals surface area contributed by atoms with E-state index >= 15 is 0 Å². The average molecular weight is 444 g/mol. The van der Waals surface area contributed by atoms with Gasteiger partial charge in [0, 0.05) is 31.0 Å². The standard InChI is InChI=1S/C21H25N5O4S/c1-4-30-18-8-7-16(12-19(18)31(28,29)25-9-5-6-10-25)23-21(27)17-13-22-20-11-14(2)24-26(20)15(17)3/h7-8,11-13H,4-6,9-10H2,1-3H3,(H,23,27). The maximum absolute atomic E-state index is 13.2. The number of nitrogens with zero attached hydrogens (tertiary/aromatic N) is 4. The summed E-state index contributed by atoms with van der Waals surface area (Å²) in [7, 11) is -3.72. The Morgan fingerprint density at radius 1 is 1.19 bits per heavy atom. The van der Waals surface area contributed by atoms with Crippen molar-refractivity contribution in [3.8, 4) is 5.75 Å². The highest BCUT2D eigenvalue weighted by atomic mass is 32.2. The maximum atomic E-state index is 13.2. The van der Waals surface area contributed by atoms with E-state index in [4.69, 9.17) is 4.74 Å². The number of rotatable bonds is 6. The minimum Gasteiger partial charge on any atom is -0.492 e. The van der Waals surface area contributed by atoms with Crippen LogP contribution in [0.25, 0.3) is 5.65 Å². The summed E-state index contributed by atoms with van der Waals surface area (Å²) in [6.07, 6.45) is 3.17. The molecule has 1 aliphatic rings. The third-order valence-corrected chi connectivity index (χ3v) is 7.19. The topological polar surface area (TPSA) is 106 Å². The third kappa shape index (κ3) is 4.00. The predicted molar refractivity (Wildman–Crippen MR) is 116 cm³/mol. The fourth-order valence-electron chi connectivity index (χ4n) is 3.71. The molecule has 0 atom stereocenters. The van der Waals surface area contributed by atoms with Crippen molar-refractivity contribution in [2.45, 2.75) is 38.5 Å². The molecule has 10 heteroatoms. The minimum atomic E-state index is -3.72. The molecule has 9 nitrogen and oxygen atoms in total. The molecule has 1 amide bonds. The highest BCUT2D eigenvalue weighted by molar-refractivity contribution is 7.89. The zero-order valence-corrected chi connectivity index (χ0v) is 18.6. The van der Waals surface area contributed by atoms with Gasteiger partial charge < -0.3 is 10.1 Å². The van der Waals surface area contributed by atoms with Crippen LogP contribution in [-0.2, 0) is 10.0 Å². The van der Waals surface area contributed by atoms with Crippen LogP contribution in [0.3, 0.4) is 0 Å². The molecule has 1 fully saturated rings. The van der Waals surface area contributed by atoms with Crippen LogP contribution in [0.15, 0.2) is 35.4 Å². The number of sulfonamides is 1. The SMILES string of the molecule is CCOc1ccc(NC(=O)c2cnc3cc(C)nn3c2C)cc1S(=O)(=O)N1CCCC1. The molecule has 3 aromatic rings. The molecule has 0 unspecified atom stereocenters. The second kappa shape index (κ2) is 8.27. The number of hydrogen-bond donors (Lipinski definition) is 1. The molecule has 1 aliphatic heterocycles. The van der Waals surface area contributed by atoms with Gasteiger partial charge in [-0.05, 0) is 51.8 Å². The first-order valence-electron chi connectivity index (χ1n) is 10.2. The molecule has 4 rings (SSSR count). The van der Waals surface area contributed by atoms with Gasteiger partial charge >= 0.3 is 0 Å². The van der Waals surface area contributed by atoms with E-state index in [0.717, 1.165) is 18.5 Å².